The van der Waals surface area contributed by atoms with Crippen molar-refractivity contribution >= 4 is 11.9 Å². The number of halogens is 6. The third-order valence-corrected chi connectivity index (χ3v) is 6.23. The Morgan fingerprint density at radius 3 is 2.19 bits per heavy atom. The molecule has 1 saturated carbocycles. The molecule has 1 heterocycles. The van der Waals surface area contributed by atoms with E-state index in [0.717, 1.165) is 0 Å². The number of amides is 1. The molecule has 0 unspecified atom stereocenters. The molecule has 0 saturated heterocycles. The van der Waals surface area contributed by atoms with Crippen molar-refractivity contribution in [2.45, 2.75) is 56.4 Å². The number of alkyl halides is 6. The number of aromatic nitrogens is 2. The molecule has 202 valence electrons. The van der Waals surface area contributed by atoms with Crippen molar-refractivity contribution in [2.75, 3.05) is 6.54 Å². The Labute approximate surface area is 203 Å². The lowest BCUT2D eigenvalue weighted by atomic mass is 9.76. The second-order valence-corrected chi connectivity index (χ2v) is 8.70. The summed E-state index contributed by atoms with van der Waals surface area (Å²) >= 11 is 0. The van der Waals surface area contributed by atoms with Crippen LogP contribution in [0.4, 0.5) is 26.3 Å². The van der Waals surface area contributed by atoms with Gasteiger partial charge in [0, 0.05) is 0 Å². The Morgan fingerprint density at radius 2 is 1.65 bits per heavy atom. The Morgan fingerprint density at radius 1 is 1.03 bits per heavy atom. The summed E-state index contributed by atoms with van der Waals surface area (Å²) in [4.78, 5) is 51.1. The quantitative estimate of drug-likeness (QED) is 0.418. The largest absolute Gasteiger partial charge is 0.494 e. The zero-order chi connectivity index (χ0) is 27.8. The Kier molecular flexibility index (Phi) is 7.47. The molecule has 1 aromatic heterocycles. The average molecular weight is 537 g/mol. The molecule has 15 heteroatoms. The van der Waals surface area contributed by atoms with Gasteiger partial charge in [0.25, 0.3) is 11.5 Å². The number of nitrogens with one attached hydrogen (secondary N) is 2. The van der Waals surface area contributed by atoms with Crippen molar-refractivity contribution in [1.82, 2.24) is 14.9 Å². The number of aliphatic carboxylic acids is 1. The topological polar surface area (TPSA) is 141 Å². The van der Waals surface area contributed by atoms with E-state index in [4.69, 9.17) is 5.11 Å². The van der Waals surface area contributed by atoms with Crippen molar-refractivity contribution in [2.24, 2.45) is 0 Å². The van der Waals surface area contributed by atoms with Crippen LogP contribution < -0.4 is 16.6 Å². The molecule has 1 aliphatic carbocycles. The lowest BCUT2D eigenvalue weighted by Crippen LogP contribution is -2.53. The van der Waals surface area contributed by atoms with Crippen molar-refractivity contribution < 1.29 is 46.1 Å². The van der Waals surface area contributed by atoms with Gasteiger partial charge in [0.05, 0.1) is 16.7 Å². The summed E-state index contributed by atoms with van der Waals surface area (Å²) in [6, 6.07) is 1.07. The third kappa shape index (κ3) is 5.80. The minimum absolute atomic E-state index is 0.0325. The first-order chi connectivity index (χ1) is 17.1. The molecule has 1 aromatic carbocycles. The molecule has 1 amide bonds. The Bertz CT molecular complexity index is 1320. The molecule has 2 aromatic rings. The zero-order valence-electron chi connectivity index (χ0n) is 18.9. The minimum atomic E-state index is -5.19. The second-order valence-electron chi connectivity index (χ2n) is 8.70. The van der Waals surface area contributed by atoms with Crippen LogP contribution in [0, 0.1) is 0 Å². The number of carboxylic acids is 1. The van der Waals surface area contributed by atoms with E-state index in [1.54, 1.807) is 0 Å². The molecule has 3 rings (SSSR count). The fourth-order valence-corrected chi connectivity index (χ4v) is 4.62. The highest BCUT2D eigenvalue weighted by molar-refractivity contribution is 5.97. The predicted octanol–water partition coefficient (Wildman–Crippen LogP) is 3.00. The maximum absolute atomic E-state index is 13.8. The van der Waals surface area contributed by atoms with Crippen LogP contribution in [0.3, 0.4) is 0 Å². The highest BCUT2D eigenvalue weighted by atomic mass is 19.4. The van der Waals surface area contributed by atoms with E-state index in [1.165, 1.54) is 0 Å². The normalized spacial score (nSPS) is 15.8. The van der Waals surface area contributed by atoms with Gasteiger partial charge in [-0.3, -0.25) is 23.9 Å². The number of hydrogen-bond donors (Lipinski definition) is 4. The number of aromatic hydroxyl groups is 1. The highest BCUT2D eigenvalue weighted by Crippen LogP contribution is 2.42. The maximum atomic E-state index is 13.8. The van der Waals surface area contributed by atoms with E-state index >= 15 is 0 Å². The SMILES string of the molecule is O=C(O)CNC(=O)c1c(O)[nH]c(=O)n(C2(Cc3ccc(C(F)(F)F)cc3C(F)(F)F)CCCCC2)c1=O. The number of aromatic amines is 1. The molecule has 4 N–H and O–H groups in total. The first-order valence-corrected chi connectivity index (χ1v) is 10.9. The summed E-state index contributed by atoms with van der Waals surface area (Å²) in [5.41, 5.74) is -9.06. The second kappa shape index (κ2) is 9.94. The number of hydrogen-bond acceptors (Lipinski definition) is 5. The van der Waals surface area contributed by atoms with Gasteiger partial charge < -0.3 is 15.5 Å². The van der Waals surface area contributed by atoms with Gasteiger partial charge in [-0.1, -0.05) is 25.3 Å². The lowest BCUT2D eigenvalue weighted by Gasteiger charge is -2.39. The van der Waals surface area contributed by atoms with Gasteiger partial charge in [0.1, 0.15) is 6.54 Å². The van der Waals surface area contributed by atoms with Gasteiger partial charge in [-0.15, -0.1) is 0 Å². The molecule has 0 bridgehead atoms. The lowest BCUT2D eigenvalue weighted by molar-refractivity contribution is -0.143. The van der Waals surface area contributed by atoms with Crippen molar-refractivity contribution in [3.05, 3.63) is 61.3 Å². The Hall–Kier alpha value is -3.78. The van der Waals surface area contributed by atoms with E-state index in [-0.39, 0.29) is 18.9 Å². The summed E-state index contributed by atoms with van der Waals surface area (Å²) in [7, 11) is 0. The van der Waals surface area contributed by atoms with Crippen molar-refractivity contribution in [1.29, 1.82) is 0 Å². The average Bonchev–Trinajstić information content (AvgIpc) is 2.76. The number of H-pyrrole nitrogens is 1. The van der Waals surface area contributed by atoms with Crippen LogP contribution in [0.1, 0.15) is 59.2 Å². The number of carbonyl (C=O) groups is 2. The van der Waals surface area contributed by atoms with Crippen LogP contribution in [-0.4, -0.2) is 38.2 Å². The predicted molar refractivity (Wildman–Crippen MR) is 114 cm³/mol. The minimum Gasteiger partial charge on any atom is -0.494 e. The molecule has 37 heavy (non-hydrogen) atoms. The number of benzene rings is 1. The van der Waals surface area contributed by atoms with Gasteiger partial charge in [0.2, 0.25) is 5.88 Å². The van der Waals surface area contributed by atoms with E-state index < -0.39 is 82.1 Å². The van der Waals surface area contributed by atoms with Crippen LogP contribution in [0.5, 0.6) is 5.88 Å². The highest BCUT2D eigenvalue weighted by Gasteiger charge is 2.43. The van der Waals surface area contributed by atoms with Crippen LogP contribution in [0.2, 0.25) is 0 Å². The standard InChI is InChI=1S/C22H21F6N3O6/c23-21(24,25)12-5-4-11(13(8-12)22(26,27)28)9-20(6-2-1-3-7-20)31-18(36)15(17(35)30-19(31)37)16(34)29-10-14(32)33/h4-5,8,35H,1-3,6-7,9-10H2,(H,29,34)(H,30,37)(H,32,33). The Balaban J connectivity index is 2.21. The molecule has 1 aliphatic rings. The fourth-order valence-electron chi connectivity index (χ4n) is 4.62. The van der Waals surface area contributed by atoms with E-state index in [0.29, 0.717) is 36.0 Å². The third-order valence-electron chi connectivity index (χ3n) is 6.23. The first kappa shape index (κ1) is 27.8. The molecular formula is C22H21F6N3O6. The number of rotatable bonds is 6. The molecular weight excluding hydrogens is 516 g/mol. The number of carbonyl (C=O) groups excluding carboxylic acids is 1. The number of carboxylic acid groups (broad SMARTS) is 1. The summed E-state index contributed by atoms with van der Waals surface area (Å²) < 4.78 is 81.2. The summed E-state index contributed by atoms with van der Waals surface area (Å²) in [5.74, 6) is -4.01. The molecule has 9 nitrogen and oxygen atoms in total. The first-order valence-electron chi connectivity index (χ1n) is 10.9. The molecule has 0 atom stereocenters. The summed E-state index contributed by atoms with van der Waals surface area (Å²) in [6.07, 6.45) is -9.71. The van der Waals surface area contributed by atoms with Gasteiger partial charge in [0.15, 0.2) is 5.56 Å². The molecule has 0 spiro atoms. The van der Waals surface area contributed by atoms with Crippen LogP contribution in [0.15, 0.2) is 27.8 Å². The van der Waals surface area contributed by atoms with E-state index in [1.807, 2.05) is 10.3 Å². The van der Waals surface area contributed by atoms with Gasteiger partial charge >= 0.3 is 24.0 Å². The fraction of sp³-hybridized carbons (Fsp3) is 0.455. The zero-order valence-corrected chi connectivity index (χ0v) is 18.9. The van der Waals surface area contributed by atoms with E-state index in [2.05, 4.69) is 0 Å². The van der Waals surface area contributed by atoms with E-state index in [9.17, 15) is 50.6 Å². The molecule has 1 fully saturated rings. The monoisotopic (exact) mass is 537 g/mol. The van der Waals surface area contributed by atoms with Gasteiger partial charge in [-0.05, 0) is 37.0 Å². The van der Waals surface area contributed by atoms with Crippen LogP contribution in [-0.2, 0) is 29.1 Å². The summed E-state index contributed by atoms with van der Waals surface area (Å²) in [6.45, 7) is -0.942. The van der Waals surface area contributed by atoms with Gasteiger partial charge in [-0.2, -0.15) is 26.3 Å². The van der Waals surface area contributed by atoms with Gasteiger partial charge in [-0.25, -0.2) is 4.79 Å². The maximum Gasteiger partial charge on any atom is 0.416 e. The van der Waals surface area contributed by atoms with Crippen molar-refractivity contribution in [3.8, 4) is 5.88 Å². The van der Waals surface area contributed by atoms with Crippen LogP contribution in [0.25, 0.3) is 0 Å². The summed E-state index contributed by atoms with van der Waals surface area (Å²) in [5, 5.41) is 20.6. The van der Waals surface area contributed by atoms with Crippen molar-refractivity contribution in [3.63, 3.8) is 0 Å². The smallest absolute Gasteiger partial charge is 0.416 e. The number of nitrogens with zero attached hydrogens (tertiary/aromatic N) is 1. The molecule has 0 radical (unpaired) electrons. The van der Waals surface area contributed by atoms with Crippen LogP contribution >= 0.6 is 0 Å². The molecule has 0 aliphatic heterocycles.